The maximum atomic E-state index is 9.40. The SMILES string of the molecule is OC[C@@H]1C[C@H](O)CN1c1ncns1. The van der Waals surface area contributed by atoms with E-state index in [4.69, 9.17) is 5.11 Å². The Kier molecular flexibility index (Phi) is 2.43. The molecule has 0 amide bonds. The summed E-state index contributed by atoms with van der Waals surface area (Å²) in [5.41, 5.74) is 0. The molecule has 13 heavy (non-hydrogen) atoms. The molecule has 1 aliphatic rings. The Morgan fingerprint density at radius 3 is 3.15 bits per heavy atom. The molecule has 0 unspecified atom stereocenters. The maximum absolute atomic E-state index is 9.40. The minimum absolute atomic E-state index is 0.0112. The smallest absolute Gasteiger partial charge is 0.205 e. The summed E-state index contributed by atoms with van der Waals surface area (Å²) in [5, 5.41) is 19.2. The summed E-state index contributed by atoms with van der Waals surface area (Å²) >= 11 is 1.28. The third-order valence-electron chi connectivity index (χ3n) is 2.20. The molecule has 0 saturated carbocycles. The molecular weight excluding hydrogens is 190 g/mol. The number of aromatic nitrogens is 2. The van der Waals surface area contributed by atoms with Crippen LogP contribution in [-0.4, -0.2) is 44.9 Å². The molecule has 0 aromatic carbocycles. The predicted molar refractivity (Wildman–Crippen MR) is 48.8 cm³/mol. The van der Waals surface area contributed by atoms with Gasteiger partial charge in [0, 0.05) is 18.1 Å². The zero-order valence-corrected chi connectivity index (χ0v) is 7.81. The van der Waals surface area contributed by atoms with Crippen LogP contribution in [0, 0.1) is 0 Å². The third-order valence-corrected chi connectivity index (χ3v) is 2.90. The fourth-order valence-electron chi connectivity index (χ4n) is 1.59. The van der Waals surface area contributed by atoms with Crippen LogP contribution in [0.2, 0.25) is 0 Å². The molecule has 1 aromatic heterocycles. The Balaban J connectivity index is 2.14. The highest BCUT2D eigenvalue weighted by Crippen LogP contribution is 2.25. The van der Waals surface area contributed by atoms with Crippen molar-refractivity contribution in [1.82, 2.24) is 9.36 Å². The second-order valence-electron chi connectivity index (χ2n) is 3.10. The van der Waals surface area contributed by atoms with Gasteiger partial charge in [-0.15, -0.1) is 0 Å². The predicted octanol–water partition coefficient (Wildman–Crippen LogP) is -0.530. The van der Waals surface area contributed by atoms with Crippen LogP contribution in [0.15, 0.2) is 6.33 Å². The molecule has 1 aromatic rings. The molecule has 2 atom stereocenters. The third kappa shape index (κ3) is 1.65. The zero-order valence-electron chi connectivity index (χ0n) is 7.00. The minimum atomic E-state index is -0.360. The van der Waals surface area contributed by atoms with Gasteiger partial charge in [0.2, 0.25) is 5.13 Å². The molecule has 1 fully saturated rings. The molecule has 2 rings (SSSR count). The van der Waals surface area contributed by atoms with Crippen LogP contribution in [0.25, 0.3) is 0 Å². The number of hydrogen-bond acceptors (Lipinski definition) is 6. The molecule has 1 saturated heterocycles. The van der Waals surface area contributed by atoms with Gasteiger partial charge in [0.05, 0.1) is 18.8 Å². The van der Waals surface area contributed by atoms with Crippen LogP contribution in [0.5, 0.6) is 0 Å². The van der Waals surface area contributed by atoms with E-state index in [1.54, 1.807) is 0 Å². The number of hydrogen-bond donors (Lipinski definition) is 2. The van der Waals surface area contributed by atoms with Crippen molar-refractivity contribution in [1.29, 1.82) is 0 Å². The fraction of sp³-hybridized carbons (Fsp3) is 0.714. The maximum Gasteiger partial charge on any atom is 0.205 e. The van der Waals surface area contributed by atoms with E-state index in [0.717, 1.165) is 5.13 Å². The average molecular weight is 201 g/mol. The van der Waals surface area contributed by atoms with Crippen LogP contribution < -0.4 is 4.90 Å². The molecule has 2 heterocycles. The molecule has 0 spiro atoms. The summed E-state index contributed by atoms with van der Waals surface area (Å²) in [4.78, 5) is 5.95. The lowest BCUT2D eigenvalue weighted by atomic mass is 10.2. The van der Waals surface area contributed by atoms with Crippen molar-refractivity contribution in [2.75, 3.05) is 18.1 Å². The van der Waals surface area contributed by atoms with E-state index in [2.05, 4.69) is 9.36 Å². The average Bonchev–Trinajstić information content (AvgIpc) is 2.71. The monoisotopic (exact) mass is 201 g/mol. The number of aliphatic hydroxyl groups excluding tert-OH is 2. The first-order chi connectivity index (χ1) is 6.31. The van der Waals surface area contributed by atoms with E-state index in [0.29, 0.717) is 13.0 Å². The molecule has 6 heteroatoms. The second kappa shape index (κ2) is 3.57. The van der Waals surface area contributed by atoms with Crippen LogP contribution >= 0.6 is 11.5 Å². The summed E-state index contributed by atoms with van der Waals surface area (Å²) in [6.45, 7) is 0.594. The van der Waals surface area contributed by atoms with E-state index in [-0.39, 0.29) is 18.8 Å². The van der Waals surface area contributed by atoms with Crippen molar-refractivity contribution < 1.29 is 10.2 Å². The Hall–Kier alpha value is -0.720. The fourth-order valence-corrected chi connectivity index (χ4v) is 2.20. The van der Waals surface area contributed by atoms with E-state index in [1.165, 1.54) is 17.9 Å². The molecule has 0 aliphatic carbocycles. The first-order valence-electron chi connectivity index (χ1n) is 4.13. The van der Waals surface area contributed by atoms with Gasteiger partial charge in [-0.2, -0.15) is 4.37 Å². The van der Waals surface area contributed by atoms with E-state index >= 15 is 0 Å². The molecule has 2 N–H and O–H groups in total. The minimum Gasteiger partial charge on any atom is -0.394 e. The number of nitrogens with zero attached hydrogens (tertiary/aromatic N) is 3. The lowest BCUT2D eigenvalue weighted by Crippen LogP contribution is -2.32. The molecule has 5 nitrogen and oxygen atoms in total. The van der Waals surface area contributed by atoms with E-state index < -0.39 is 0 Å². The molecule has 0 radical (unpaired) electrons. The Morgan fingerprint density at radius 2 is 2.54 bits per heavy atom. The van der Waals surface area contributed by atoms with Gasteiger partial charge in [0.1, 0.15) is 6.33 Å². The highest BCUT2D eigenvalue weighted by Gasteiger charge is 2.31. The van der Waals surface area contributed by atoms with Gasteiger partial charge in [-0.3, -0.25) is 0 Å². The van der Waals surface area contributed by atoms with Crippen LogP contribution in [0.3, 0.4) is 0 Å². The lowest BCUT2D eigenvalue weighted by Gasteiger charge is -2.20. The van der Waals surface area contributed by atoms with Gasteiger partial charge < -0.3 is 15.1 Å². The topological polar surface area (TPSA) is 69.5 Å². The van der Waals surface area contributed by atoms with Gasteiger partial charge in [-0.25, -0.2) is 4.98 Å². The van der Waals surface area contributed by atoms with Gasteiger partial charge in [-0.05, 0) is 6.42 Å². The summed E-state index contributed by atoms with van der Waals surface area (Å²) in [7, 11) is 0. The van der Waals surface area contributed by atoms with E-state index in [9.17, 15) is 5.11 Å². The number of rotatable bonds is 2. The van der Waals surface area contributed by atoms with Crippen molar-refractivity contribution in [2.45, 2.75) is 18.6 Å². The second-order valence-corrected chi connectivity index (χ2v) is 3.86. The normalized spacial score (nSPS) is 28.3. The summed E-state index contributed by atoms with van der Waals surface area (Å²) < 4.78 is 3.89. The van der Waals surface area contributed by atoms with Gasteiger partial charge in [0.25, 0.3) is 0 Å². The number of anilines is 1. The zero-order chi connectivity index (χ0) is 9.26. The Bertz CT molecular complexity index is 267. The summed E-state index contributed by atoms with van der Waals surface area (Å²) in [6.07, 6.45) is 1.73. The molecular formula is C7H11N3O2S. The van der Waals surface area contributed by atoms with Gasteiger partial charge in [0.15, 0.2) is 0 Å². The van der Waals surface area contributed by atoms with E-state index in [1.807, 2.05) is 4.90 Å². The van der Waals surface area contributed by atoms with Crippen LogP contribution in [0.1, 0.15) is 6.42 Å². The highest BCUT2D eigenvalue weighted by molar-refractivity contribution is 7.09. The van der Waals surface area contributed by atoms with Gasteiger partial charge >= 0.3 is 0 Å². The van der Waals surface area contributed by atoms with Crippen LogP contribution in [-0.2, 0) is 0 Å². The molecule has 0 bridgehead atoms. The largest absolute Gasteiger partial charge is 0.394 e. The Labute approximate surface area is 79.8 Å². The lowest BCUT2D eigenvalue weighted by molar-refractivity contribution is 0.184. The first-order valence-corrected chi connectivity index (χ1v) is 4.91. The highest BCUT2D eigenvalue weighted by atomic mass is 32.1. The van der Waals surface area contributed by atoms with Crippen molar-refractivity contribution in [3.05, 3.63) is 6.33 Å². The number of β-amino-alcohol motifs (C(OH)–C–C–N with tert-alkyl or cyclic N) is 1. The van der Waals surface area contributed by atoms with Gasteiger partial charge in [-0.1, -0.05) is 0 Å². The quantitative estimate of drug-likeness (QED) is 0.673. The molecule has 72 valence electrons. The standard InChI is InChI=1S/C7H11N3O2S/c11-3-5-1-6(12)2-10(5)7-8-4-9-13-7/h4-6,11-12H,1-3H2/t5-,6-/m0/s1. The Morgan fingerprint density at radius 1 is 1.69 bits per heavy atom. The van der Waals surface area contributed by atoms with Crippen molar-refractivity contribution in [3.8, 4) is 0 Å². The molecule has 1 aliphatic heterocycles. The van der Waals surface area contributed by atoms with Crippen molar-refractivity contribution in [2.24, 2.45) is 0 Å². The van der Waals surface area contributed by atoms with Crippen LogP contribution in [0.4, 0.5) is 5.13 Å². The van der Waals surface area contributed by atoms with Crippen molar-refractivity contribution >= 4 is 16.7 Å². The summed E-state index contributed by atoms with van der Waals surface area (Å²) in [6, 6.07) is -0.0112. The first kappa shape index (κ1) is 8.86. The summed E-state index contributed by atoms with van der Waals surface area (Å²) in [5.74, 6) is 0. The number of aliphatic hydroxyl groups is 2. The van der Waals surface area contributed by atoms with Crippen molar-refractivity contribution in [3.63, 3.8) is 0 Å².